The van der Waals surface area contributed by atoms with E-state index < -0.39 is 5.76 Å². The van der Waals surface area contributed by atoms with Gasteiger partial charge in [-0.25, -0.2) is 9.78 Å². The van der Waals surface area contributed by atoms with E-state index in [1.54, 1.807) is 30.3 Å². The summed E-state index contributed by atoms with van der Waals surface area (Å²) in [6, 6.07) is 9.78. The van der Waals surface area contributed by atoms with E-state index in [1.165, 1.54) is 6.08 Å². The molecule has 7 nitrogen and oxygen atoms in total. The Labute approximate surface area is 154 Å². The fraction of sp³-hybridized carbons (Fsp3) is 0.150. The molecule has 1 amide bonds. The second-order valence-corrected chi connectivity index (χ2v) is 6.44. The number of nitrogens with zero attached hydrogens (tertiary/aromatic N) is 3. The highest BCUT2D eigenvalue weighted by Gasteiger charge is 2.11. The number of H-pyrrole nitrogens is 1. The maximum absolute atomic E-state index is 12.5. The van der Waals surface area contributed by atoms with Crippen molar-refractivity contribution < 1.29 is 9.21 Å². The highest BCUT2D eigenvalue weighted by Crippen LogP contribution is 2.21. The van der Waals surface area contributed by atoms with Gasteiger partial charge in [-0.15, -0.1) is 0 Å². The third-order valence-electron chi connectivity index (χ3n) is 4.48. The third-order valence-corrected chi connectivity index (χ3v) is 4.48. The van der Waals surface area contributed by atoms with Gasteiger partial charge < -0.3 is 13.9 Å². The molecule has 136 valence electrons. The average Bonchev–Trinajstić information content (AvgIpc) is 3.18. The molecule has 0 unspecified atom stereocenters. The first-order chi connectivity index (χ1) is 13.0. The number of nitrogens with one attached hydrogen (secondary N) is 1. The van der Waals surface area contributed by atoms with Gasteiger partial charge in [0.05, 0.1) is 0 Å². The van der Waals surface area contributed by atoms with Crippen LogP contribution in [0.4, 0.5) is 0 Å². The van der Waals surface area contributed by atoms with E-state index >= 15 is 0 Å². The van der Waals surface area contributed by atoms with Crippen LogP contribution in [0.25, 0.3) is 28.2 Å². The highest BCUT2D eigenvalue weighted by atomic mass is 16.4. The smallest absolute Gasteiger partial charge is 0.406 e. The number of fused-ring (bicyclic) bond motifs is 2. The second kappa shape index (κ2) is 6.60. The molecule has 0 atom stereocenters. The number of oxazole rings is 1. The van der Waals surface area contributed by atoms with Crippen LogP contribution in [0.3, 0.4) is 0 Å². The predicted octanol–water partition coefficient (Wildman–Crippen LogP) is 2.68. The molecule has 0 radical (unpaired) electrons. The summed E-state index contributed by atoms with van der Waals surface area (Å²) < 4.78 is 7.04. The maximum atomic E-state index is 12.5. The summed E-state index contributed by atoms with van der Waals surface area (Å²) in [4.78, 5) is 31.9. The Kier molecular flexibility index (Phi) is 4.12. The number of para-hydroxylation sites is 1. The second-order valence-electron chi connectivity index (χ2n) is 6.44. The van der Waals surface area contributed by atoms with Crippen molar-refractivity contribution in [3.8, 4) is 0 Å². The number of hydrogen-bond donors (Lipinski definition) is 1. The lowest BCUT2D eigenvalue weighted by molar-refractivity contribution is -0.125. The highest BCUT2D eigenvalue weighted by molar-refractivity contribution is 5.92. The van der Waals surface area contributed by atoms with Crippen LogP contribution in [-0.4, -0.2) is 32.4 Å². The molecule has 0 saturated carbocycles. The molecular weight excluding hydrogens is 344 g/mol. The van der Waals surface area contributed by atoms with Crippen LogP contribution < -0.4 is 5.76 Å². The van der Waals surface area contributed by atoms with Crippen molar-refractivity contribution in [3.05, 3.63) is 70.5 Å². The van der Waals surface area contributed by atoms with Gasteiger partial charge in [-0.1, -0.05) is 18.2 Å². The minimum absolute atomic E-state index is 0.126. The molecule has 0 aliphatic rings. The van der Waals surface area contributed by atoms with Gasteiger partial charge in [0.1, 0.15) is 0 Å². The van der Waals surface area contributed by atoms with Crippen LogP contribution in [0, 0.1) is 0 Å². The topological polar surface area (TPSA) is 84.1 Å². The van der Waals surface area contributed by atoms with Crippen molar-refractivity contribution in [2.24, 2.45) is 7.05 Å². The molecule has 7 heteroatoms. The van der Waals surface area contributed by atoms with E-state index in [1.807, 2.05) is 25.4 Å². The Hall–Kier alpha value is -3.61. The zero-order valence-electron chi connectivity index (χ0n) is 15.0. The fourth-order valence-corrected chi connectivity index (χ4v) is 3.12. The number of pyridine rings is 1. The number of carbonyl (C=O) groups excluding carboxylic acids is 1. The average molecular weight is 362 g/mol. The van der Waals surface area contributed by atoms with Gasteiger partial charge in [0.25, 0.3) is 0 Å². The molecule has 0 aliphatic carbocycles. The first-order valence-electron chi connectivity index (χ1n) is 8.46. The normalized spacial score (nSPS) is 11.6. The lowest BCUT2D eigenvalue weighted by Crippen LogP contribution is -2.24. The van der Waals surface area contributed by atoms with Crippen molar-refractivity contribution in [3.63, 3.8) is 0 Å². The summed E-state index contributed by atoms with van der Waals surface area (Å²) in [6.45, 7) is 0.508. The van der Waals surface area contributed by atoms with E-state index in [4.69, 9.17) is 4.42 Å². The van der Waals surface area contributed by atoms with E-state index in [9.17, 15) is 9.59 Å². The monoisotopic (exact) mass is 362 g/mol. The number of hydrogen-bond acceptors (Lipinski definition) is 4. The molecule has 27 heavy (non-hydrogen) atoms. The van der Waals surface area contributed by atoms with Gasteiger partial charge in [0, 0.05) is 50.0 Å². The molecule has 1 aromatic carbocycles. The number of benzene rings is 1. The number of aromatic amines is 1. The number of aromatic nitrogens is 3. The molecule has 3 aromatic heterocycles. The Morgan fingerprint density at radius 2 is 2.19 bits per heavy atom. The van der Waals surface area contributed by atoms with Crippen LogP contribution >= 0.6 is 0 Å². The third kappa shape index (κ3) is 3.27. The Balaban J connectivity index is 1.51. The summed E-state index contributed by atoms with van der Waals surface area (Å²) in [5, 5.41) is 1.14. The van der Waals surface area contributed by atoms with Gasteiger partial charge in [-0.2, -0.15) is 0 Å². The van der Waals surface area contributed by atoms with Gasteiger partial charge in [-0.05, 0) is 29.3 Å². The number of aryl methyl sites for hydroxylation is 1. The lowest BCUT2D eigenvalue weighted by Gasteiger charge is -2.14. The van der Waals surface area contributed by atoms with Crippen molar-refractivity contribution >= 4 is 34.1 Å². The SMILES string of the molecule is CN(Cc1cn(C)c2ccccc12)C(=O)C=Cc1cnc2[nH]c(=O)oc2c1. The van der Waals surface area contributed by atoms with Crippen LogP contribution in [0.2, 0.25) is 0 Å². The van der Waals surface area contributed by atoms with Crippen molar-refractivity contribution in [1.82, 2.24) is 19.4 Å². The van der Waals surface area contributed by atoms with Crippen LogP contribution in [-0.2, 0) is 18.4 Å². The quantitative estimate of drug-likeness (QED) is 0.566. The summed E-state index contributed by atoms with van der Waals surface area (Å²) in [6.07, 6.45) is 6.76. The molecule has 3 heterocycles. The molecule has 4 rings (SSSR count). The lowest BCUT2D eigenvalue weighted by atomic mass is 10.1. The van der Waals surface area contributed by atoms with E-state index in [-0.39, 0.29) is 5.91 Å². The van der Waals surface area contributed by atoms with E-state index in [2.05, 4.69) is 26.7 Å². The minimum Gasteiger partial charge on any atom is -0.406 e. The molecule has 4 aromatic rings. The fourth-order valence-electron chi connectivity index (χ4n) is 3.12. The van der Waals surface area contributed by atoms with E-state index in [0.717, 1.165) is 16.5 Å². The summed E-state index contributed by atoms with van der Waals surface area (Å²) >= 11 is 0. The molecule has 0 fully saturated rings. The van der Waals surface area contributed by atoms with Crippen molar-refractivity contribution in [1.29, 1.82) is 0 Å². The van der Waals surface area contributed by atoms with E-state index in [0.29, 0.717) is 23.3 Å². The Bertz CT molecular complexity index is 1230. The summed E-state index contributed by atoms with van der Waals surface area (Å²) in [5.41, 5.74) is 3.65. The number of carbonyl (C=O) groups is 1. The summed E-state index contributed by atoms with van der Waals surface area (Å²) in [7, 11) is 3.76. The molecule has 0 saturated heterocycles. The maximum Gasteiger partial charge on any atom is 0.418 e. The number of rotatable bonds is 4. The molecule has 1 N–H and O–H groups in total. The number of amides is 1. The zero-order chi connectivity index (χ0) is 19.0. The van der Waals surface area contributed by atoms with Crippen molar-refractivity contribution in [2.45, 2.75) is 6.54 Å². The van der Waals surface area contributed by atoms with Gasteiger partial charge in [0.2, 0.25) is 5.91 Å². The number of likely N-dealkylation sites (N-methyl/N-ethyl adjacent to an activating group) is 1. The molecule has 0 bridgehead atoms. The van der Waals surface area contributed by atoms with Gasteiger partial charge in [-0.3, -0.25) is 9.78 Å². The molecule has 0 aliphatic heterocycles. The summed E-state index contributed by atoms with van der Waals surface area (Å²) in [5.74, 6) is -0.678. The largest absolute Gasteiger partial charge is 0.418 e. The van der Waals surface area contributed by atoms with Crippen LogP contribution in [0.1, 0.15) is 11.1 Å². The first kappa shape index (κ1) is 16.8. The Morgan fingerprint density at radius 1 is 1.37 bits per heavy atom. The minimum atomic E-state index is -0.551. The van der Waals surface area contributed by atoms with Crippen molar-refractivity contribution in [2.75, 3.05) is 7.05 Å². The van der Waals surface area contributed by atoms with Gasteiger partial charge >= 0.3 is 5.76 Å². The van der Waals surface area contributed by atoms with Gasteiger partial charge in [0.15, 0.2) is 11.2 Å². The standard InChI is InChI=1S/C20H18N4O3/c1-23-11-14(15-5-3-4-6-16(15)23)12-24(2)18(25)8-7-13-9-17-19(21-10-13)22-20(26)27-17/h3-11H,12H2,1-2H3,(H,21,22,26). The molecular formula is C20H18N4O3. The zero-order valence-corrected chi connectivity index (χ0v) is 15.0. The van der Waals surface area contributed by atoms with Crippen LogP contribution in [0.15, 0.2) is 58.0 Å². The Morgan fingerprint density at radius 3 is 3.04 bits per heavy atom. The first-order valence-corrected chi connectivity index (χ1v) is 8.46. The predicted molar refractivity (Wildman–Crippen MR) is 103 cm³/mol. The van der Waals surface area contributed by atoms with Crippen LogP contribution in [0.5, 0.6) is 0 Å². The molecule has 0 spiro atoms.